The van der Waals surface area contributed by atoms with Crippen molar-refractivity contribution in [1.82, 2.24) is 15.2 Å². The first-order valence-corrected chi connectivity index (χ1v) is 11.1. The molecule has 2 aliphatic rings. The number of carbonyl (C=O) groups is 1. The van der Waals surface area contributed by atoms with E-state index in [1.807, 2.05) is 72.8 Å². The summed E-state index contributed by atoms with van der Waals surface area (Å²) >= 11 is 0. The second-order valence-corrected chi connectivity index (χ2v) is 8.60. The van der Waals surface area contributed by atoms with Crippen LogP contribution in [0.5, 0.6) is 0 Å². The number of nitrogens with one attached hydrogen (secondary N) is 2. The van der Waals surface area contributed by atoms with Crippen LogP contribution in [0.1, 0.15) is 17.3 Å². The molecule has 1 saturated heterocycles. The molecular formula is C26H27N3O3. The minimum Gasteiger partial charge on any atom is -0.396 e. The van der Waals surface area contributed by atoms with Gasteiger partial charge >= 0.3 is 0 Å². The second kappa shape index (κ2) is 8.73. The number of pyridine rings is 1. The Morgan fingerprint density at radius 2 is 1.75 bits per heavy atom. The van der Waals surface area contributed by atoms with Crippen molar-refractivity contribution in [3.63, 3.8) is 0 Å². The molecule has 6 heteroatoms. The summed E-state index contributed by atoms with van der Waals surface area (Å²) in [6.07, 6.45) is 0.751. The van der Waals surface area contributed by atoms with E-state index < -0.39 is 5.92 Å². The number of aliphatic hydroxyl groups excluding tert-OH is 1. The summed E-state index contributed by atoms with van der Waals surface area (Å²) in [7, 11) is 0. The number of nitrogens with zero attached hydrogens (tertiary/aromatic N) is 1. The number of amides is 1. The highest BCUT2D eigenvalue weighted by Gasteiger charge is 2.50. The number of fused-ring (bicyclic) bond motifs is 4. The molecule has 0 aliphatic carbocycles. The number of rotatable bonds is 6. The Kier molecular flexibility index (Phi) is 5.64. The van der Waals surface area contributed by atoms with Gasteiger partial charge in [0.25, 0.3) is 5.56 Å². The summed E-state index contributed by atoms with van der Waals surface area (Å²) < 4.78 is 1.79. The minimum absolute atomic E-state index is 0.0491. The molecule has 3 heterocycles. The number of aliphatic hydroxyl groups is 1. The lowest BCUT2D eigenvalue weighted by atomic mass is 9.86. The average Bonchev–Trinajstić information content (AvgIpc) is 3.13. The third kappa shape index (κ3) is 3.66. The molecule has 2 aromatic carbocycles. The zero-order chi connectivity index (χ0) is 22.1. The van der Waals surface area contributed by atoms with Crippen molar-refractivity contribution in [3.8, 4) is 11.1 Å². The Hall–Kier alpha value is -3.22. The third-order valence-corrected chi connectivity index (χ3v) is 6.79. The maximum Gasteiger partial charge on any atom is 0.258 e. The summed E-state index contributed by atoms with van der Waals surface area (Å²) in [6, 6.07) is 23.0. The second-order valence-electron chi connectivity index (χ2n) is 8.60. The SMILES string of the molecule is O=C(NCCc1ccccc1)[C@H]1[C@H](CO)[C@H]2Cn3c(ccc(-c4ccccc4)c3=O)[C@@H]1N2. The number of aromatic nitrogens is 1. The maximum atomic E-state index is 13.3. The van der Waals surface area contributed by atoms with Gasteiger partial charge in [0, 0.05) is 42.9 Å². The van der Waals surface area contributed by atoms with Crippen LogP contribution in [0.3, 0.4) is 0 Å². The molecule has 0 radical (unpaired) electrons. The molecule has 0 spiro atoms. The zero-order valence-electron chi connectivity index (χ0n) is 17.8. The van der Waals surface area contributed by atoms with Crippen molar-refractivity contribution in [2.45, 2.75) is 25.0 Å². The molecule has 1 aromatic heterocycles. The Morgan fingerprint density at radius 1 is 1.03 bits per heavy atom. The molecule has 32 heavy (non-hydrogen) atoms. The first-order valence-electron chi connectivity index (χ1n) is 11.1. The third-order valence-electron chi connectivity index (χ3n) is 6.79. The van der Waals surface area contributed by atoms with Gasteiger partial charge in [-0.25, -0.2) is 0 Å². The van der Waals surface area contributed by atoms with Gasteiger partial charge in [0.1, 0.15) is 0 Å². The van der Waals surface area contributed by atoms with Crippen LogP contribution in [0.25, 0.3) is 11.1 Å². The summed E-state index contributed by atoms with van der Waals surface area (Å²) in [5.74, 6) is -0.735. The predicted molar refractivity (Wildman–Crippen MR) is 123 cm³/mol. The lowest BCUT2D eigenvalue weighted by molar-refractivity contribution is -0.127. The summed E-state index contributed by atoms with van der Waals surface area (Å²) in [5, 5.41) is 16.7. The molecule has 1 fully saturated rings. The Labute approximate surface area is 186 Å². The Morgan fingerprint density at radius 3 is 2.47 bits per heavy atom. The molecule has 3 N–H and O–H groups in total. The quantitative estimate of drug-likeness (QED) is 0.561. The van der Waals surface area contributed by atoms with Gasteiger partial charge in [0.05, 0.1) is 12.0 Å². The smallest absolute Gasteiger partial charge is 0.258 e. The minimum atomic E-state index is -0.420. The van der Waals surface area contributed by atoms with Crippen LogP contribution in [0.2, 0.25) is 0 Å². The number of hydrogen-bond donors (Lipinski definition) is 3. The highest BCUT2D eigenvalue weighted by Crippen LogP contribution is 2.41. The predicted octanol–water partition coefficient (Wildman–Crippen LogP) is 2.13. The molecule has 3 aromatic rings. The number of benzene rings is 2. The molecule has 1 amide bonds. The van der Waals surface area contributed by atoms with Gasteiger partial charge in [0.2, 0.25) is 5.91 Å². The number of carbonyl (C=O) groups excluding carboxylic acids is 1. The van der Waals surface area contributed by atoms with Gasteiger partial charge in [-0.3, -0.25) is 9.59 Å². The first-order chi connectivity index (χ1) is 15.7. The Balaban J connectivity index is 1.40. The first kappa shape index (κ1) is 20.7. The fraction of sp³-hybridized carbons (Fsp3) is 0.308. The average molecular weight is 430 g/mol. The van der Waals surface area contributed by atoms with Gasteiger partial charge in [-0.05, 0) is 29.7 Å². The lowest BCUT2D eigenvalue weighted by Gasteiger charge is -2.28. The lowest BCUT2D eigenvalue weighted by Crippen LogP contribution is -2.43. The number of hydrogen-bond acceptors (Lipinski definition) is 4. The van der Waals surface area contributed by atoms with E-state index in [-0.39, 0.29) is 36.1 Å². The molecular weight excluding hydrogens is 402 g/mol. The van der Waals surface area contributed by atoms with E-state index in [9.17, 15) is 14.7 Å². The normalized spacial score (nSPS) is 23.5. The largest absolute Gasteiger partial charge is 0.396 e. The molecule has 6 nitrogen and oxygen atoms in total. The molecule has 164 valence electrons. The van der Waals surface area contributed by atoms with Gasteiger partial charge in [-0.15, -0.1) is 0 Å². The van der Waals surface area contributed by atoms with Crippen LogP contribution in [0.15, 0.2) is 77.6 Å². The van der Waals surface area contributed by atoms with Crippen LogP contribution in [0, 0.1) is 11.8 Å². The molecule has 0 unspecified atom stereocenters. The van der Waals surface area contributed by atoms with E-state index in [1.54, 1.807) is 4.57 Å². The van der Waals surface area contributed by atoms with E-state index in [1.165, 1.54) is 5.56 Å². The summed E-state index contributed by atoms with van der Waals surface area (Å²) in [6.45, 7) is 0.887. The van der Waals surface area contributed by atoms with Crippen molar-refractivity contribution in [2.75, 3.05) is 13.2 Å². The fourth-order valence-corrected chi connectivity index (χ4v) is 5.18. The van der Waals surface area contributed by atoms with Gasteiger partial charge in [-0.1, -0.05) is 60.7 Å². The van der Waals surface area contributed by atoms with Crippen molar-refractivity contribution in [1.29, 1.82) is 0 Å². The summed E-state index contributed by atoms with van der Waals surface area (Å²) in [4.78, 5) is 26.5. The highest BCUT2D eigenvalue weighted by molar-refractivity contribution is 5.80. The van der Waals surface area contributed by atoms with Crippen molar-refractivity contribution < 1.29 is 9.90 Å². The highest BCUT2D eigenvalue weighted by atomic mass is 16.3. The molecule has 2 bridgehead atoms. The van der Waals surface area contributed by atoms with E-state index in [0.717, 1.165) is 17.7 Å². The monoisotopic (exact) mass is 429 g/mol. The Bertz CT molecular complexity index is 1160. The van der Waals surface area contributed by atoms with Crippen LogP contribution in [0.4, 0.5) is 0 Å². The van der Waals surface area contributed by atoms with Crippen LogP contribution in [-0.2, 0) is 17.8 Å². The molecule has 5 rings (SSSR count). The zero-order valence-corrected chi connectivity index (χ0v) is 17.8. The van der Waals surface area contributed by atoms with Gasteiger partial charge < -0.3 is 20.3 Å². The summed E-state index contributed by atoms with van der Waals surface area (Å²) in [5.41, 5.74) is 3.46. The van der Waals surface area contributed by atoms with Crippen molar-refractivity contribution >= 4 is 5.91 Å². The van der Waals surface area contributed by atoms with Crippen LogP contribution < -0.4 is 16.2 Å². The standard InChI is InChI=1S/C26H27N3O3/c30-16-20-21-15-29-22(12-11-19(26(29)32)18-9-5-2-6-10-18)24(28-21)23(20)25(31)27-14-13-17-7-3-1-4-8-17/h1-12,20-21,23-24,28,30H,13-16H2,(H,27,31)/t20-,21-,23+,24+/m1/s1. The molecule has 2 aliphatic heterocycles. The maximum absolute atomic E-state index is 13.3. The van der Waals surface area contributed by atoms with Crippen molar-refractivity contribution in [2.24, 2.45) is 11.8 Å². The topological polar surface area (TPSA) is 83.4 Å². The molecule has 0 saturated carbocycles. The van der Waals surface area contributed by atoms with Crippen molar-refractivity contribution in [3.05, 3.63) is 94.4 Å². The van der Waals surface area contributed by atoms with E-state index in [0.29, 0.717) is 18.7 Å². The van der Waals surface area contributed by atoms with Gasteiger partial charge in [-0.2, -0.15) is 0 Å². The van der Waals surface area contributed by atoms with Crippen LogP contribution in [-0.4, -0.2) is 34.8 Å². The van der Waals surface area contributed by atoms with E-state index in [2.05, 4.69) is 10.6 Å². The van der Waals surface area contributed by atoms with Gasteiger partial charge in [0.15, 0.2) is 0 Å². The van der Waals surface area contributed by atoms with E-state index in [4.69, 9.17) is 0 Å². The molecule has 4 atom stereocenters. The fourth-order valence-electron chi connectivity index (χ4n) is 5.18. The van der Waals surface area contributed by atoms with Crippen LogP contribution >= 0.6 is 0 Å². The van der Waals surface area contributed by atoms with E-state index >= 15 is 0 Å².